The largest absolute Gasteiger partial charge is 0.495 e. The normalized spacial score (nSPS) is 11.9. The molecule has 0 saturated carbocycles. The molecule has 2 amide bonds. The third-order valence-corrected chi connectivity index (χ3v) is 6.98. The maximum atomic E-state index is 13.1. The van der Waals surface area contributed by atoms with Gasteiger partial charge in [-0.25, -0.2) is 23.2 Å². The Morgan fingerprint density at radius 3 is 2.38 bits per heavy atom. The molecule has 0 unspecified atom stereocenters. The SMILES string of the molecule is COc1ccc(C(C)(C)C)cc1NC(=O)Nc1ccc(-c2cnc3[nH]c(NS(C)(=O)=O)nc3c2)c2ccccc12. The van der Waals surface area contributed by atoms with E-state index in [4.69, 9.17) is 4.74 Å². The van der Waals surface area contributed by atoms with Crippen molar-refractivity contribution in [1.82, 2.24) is 15.0 Å². The maximum absolute atomic E-state index is 13.1. The molecule has 2 heterocycles. The smallest absolute Gasteiger partial charge is 0.323 e. The summed E-state index contributed by atoms with van der Waals surface area (Å²) in [4.78, 5) is 24.7. The average molecular weight is 559 g/mol. The molecule has 40 heavy (non-hydrogen) atoms. The van der Waals surface area contributed by atoms with Crippen molar-refractivity contribution in [3.63, 3.8) is 0 Å². The lowest BCUT2D eigenvalue weighted by atomic mass is 9.87. The van der Waals surface area contributed by atoms with E-state index >= 15 is 0 Å². The fraction of sp³-hybridized carbons (Fsp3) is 0.207. The Morgan fingerprint density at radius 1 is 0.950 bits per heavy atom. The number of anilines is 3. The molecule has 10 nitrogen and oxygen atoms in total. The zero-order valence-corrected chi connectivity index (χ0v) is 23.6. The molecule has 206 valence electrons. The first-order chi connectivity index (χ1) is 18.9. The van der Waals surface area contributed by atoms with Gasteiger partial charge in [-0.05, 0) is 46.2 Å². The first-order valence-electron chi connectivity index (χ1n) is 12.5. The molecule has 0 aliphatic carbocycles. The van der Waals surface area contributed by atoms with Gasteiger partial charge in [0.15, 0.2) is 5.65 Å². The second kappa shape index (κ2) is 10.2. The summed E-state index contributed by atoms with van der Waals surface area (Å²) >= 11 is 0. The Kier molecular flexibility index (Phi) is 6.84. The number of nitrogens with zero attached hydrogens (tertiary/aromatic N) is 2. The molecule has 0 spiro atoms. The van der Waals surface area contributed by atoms with E-state index in [1.165, 1.54) is 0 Å². The number of hydrogen-bond donors (Lipinski definition) is 4. The number of urea groups is 1. The van der Waals surface area contributed by atoms with Gasteiger partial charge in [0, 0.05) is 17.1 Å². The predicted octanol–water partition coefficient (Wildman–Crippen LogP) is 6.10. The van der Waals surface area contributed by atoms with Gasteiger partial charge in [0.05, 0.1) is 24.7 Å². The standard InChI is InChI=1S/C29H30N6O4S/c1-29(2,3)18-10-13-25(39-4)23(15-18)33-28(36)32-22-12-11-19(20-8-6-7-9-21(20)22)17-14-24-26(30-16-17)34-27(31-24)35-40(5,37)38/h6-16H,1-5H3,(H2,32,33,36)(H2,30,31,34,35). The van der Waals surface area contributed by atoms with Crippen LogP contribution in [0.5, 0.6) is 5.75 Å². The lowest BCUT2D eigenvalue weighted by Crippen LogP contribution is -2.21. The molecule has 0 bridgehead atoms. The zero-order chi connectivity index (χ0) is 28.7. The molecule has 5 rings (SSSR count). The molecular weight excluding hydrogens is 528 g/mol. The van der Waals surface area contributed by atoms with Gasteiger partial charge >= 0.3 is 6.03 Å². The second-order valence-electron chi connectivity index (χ2n) is 10.5. The number of sulfonamides is 1. The summed E-state index contributed by atoms with van der Waals surface area (Å²) < 4.78 is 31.0. The number of amides is 2. The van der Waals surface area contributed by atoms with Gasteiger partial charge in [0.1, 0.15) is 11.3 Å². The number of benzene rings is 3. The fourth-order valence-electron chi connectivity index (χ4n) is 4.47. The van der Waals surface area contributed by atoms with Gasteiger partial charge in [0.25, 0.3) is 0 Å². The molecular formula is C29H30N6O4S. The van der Waals surface area contributed by atoms with Gasteiger partial charge in [-0.2, -0.15) is 0 Å². The number of pyridine rings is 1. The quantitative estimate of drug-likeness (QED) is 0.199. The molecule has 0 aliphatic heterocycles. The van der Waals surface area contributed by atoms with Crippen molar-refractivity contribution in [1.29, 1.82) is 0 Å². The molecule has 0 atom stereocenters. The number of aromatic nitrogens is 3. The number of methoxy groups -OCH3 is 1. The summed E-state index contributed by atoms with van der Waals surface area (Å²) in [5, 5.41) is 7.64. The molecule has 11 heteroatoms. The Hall–Kier alpha value is -4.64. The van der Waals surface area contributed by atoms with Gasteiger partial charge in [0.2, 0.25) is 16.0 Å². The summed E-state index contributed by atoms with van der Waals surface area (Å²) in [6.45, 7) is 6.32. The first-order valence-corrected chi connectivity index (χ1v) is 14.4. The predicted molar refractivity (Wildman–Crippen MR) is 160 cm³/mol. The first kappa shape index (κ1) is 26.9. The van der Waals surface area contributed by atoms with E-state index in [9.17, 15) is 13.2 Å². The Balaban J connectivity index is 1.45. The molecule has 3 aromatic carbocycles. The number of fused-ring (bicyclic) bond motifs is 2. The average Bonchev–Trinajstić information content (AvgIpc) is 3.28. The topological polar surface area (TPSA) is 138 Å². The highest BCUT2D eigenvalue weighted by Gasteiger charge is 2.18. The van der Waals surface area contributed by atoms with Gasteiger partial charge in [-0.15, -0.1) is 0 Å². The summed E-state index contributed by atoms with van der Waals surface area (Å²) in [5.74, 6) is 0.668. The van der Waals surface area contributed by atoms with Crippen LogP contribution in [0.15, 0.2) is 66.9 Å². The Labute approximate surface area is 232 Å². The molecule has 0 radical (unpaired) electrons. The monoisotopic (exact) mass is 558 g/mol. The summed E-state index contributed by atoms with van der Waals surface area (Å²) in [6, 6.07) is 18.7. The zero-order valence-electron chi connectivity index (χ0n) is 22.8. The van der Waals surface area contributed by atoms with Crippen LogP contribution < -0.4 is 20.1 Å². The number of hydrogen-bond acceptors (Lipinski definition) is 6. The van der Waals surface area contributed by atoms with Crippen LogP contribution in [0, 0.1) is 0 Å². The van der Waals surface area contributed by atoms with Gasteiger partial charge < -0.3 is 20.4 Å². The molecule has 0 aliphatic rings. The molecule has 2 aromatic heterocycles. The lowest BCUT2D eigenvalue weighted by molar-refractivity contribution is 0.262. The van der Waals surface area contributed by atoms with Crippen molar-refractivity contribution in [2.24, 2.45) is 0 Å². The van der Waals surface area contributed by atoms with Crippen molar-refractivity contribution < 1.29 is 17.9 Å². The number of carbonyl (C=O) groups excluding carboxylic acids is 1. The number of imidazole rings is 1. The van der Waals surface area contributed by atoms with Crippen LogP contribution in [0.4, 0.5) is 22.1 Å². The van der Waals surface area contributed by atoms with Crippen LogP contribution in [-0.2, 0) is 15.4 Å². The van der Waals surface area contributed by atoms with Crippen LogP contribution in [-0.4, -0.2) is 42.8 Å². The number of nitrogens with one attached hydrogen (secondary N) is 4. The number of ether oxygens (including phenoxy) is 1. The van der Waals surface area contributed by atoms with Crippen LogP contribution in [0.3, 0.4) is 0 Å². The van der Waals surface area contributed by atoms with Gasteiger partial charge in [-0.3, -0.25) is 4.72 Å². The van der Waals surface area contributed by atoms with Crippen LogP contribution in [0.1, 0.15) is 26.3 Å². The van der Waals surface area contributed by atoms with Crippen molar-refractivity contribution in [3.8, 4) is 16.9 Å². The van der Waals surface area contributed by atoms with Crippen LogP contribution >= 0.6 is 0 Å². The van der Waals surface area contributed by atoms with Crippen molar-refractivity contribution in [2.45, 2.75) is 26.2 Å². The van der Waals surface area contributed by atoms with Crippen molar-refractivity contribution in [2.75, 3.05) is 28.7 Å². The van der Waals surface area contributed by atoms with E-state index in [-0.39, 0.29) is 11.4 Å². The fourth-order valence-corrected chi connectivity index (χ4v) is 4.92. The highest BCUT2D eigenvalue weighted by atomic mass is 32.2. The molecule has 0 saturated heterocycles. The molecule has 0 fully saturated rings. The van der Waals surface area contributed by atoms with Gasteiger partial charge in [-0.1, -0.05) is 57.2 Å². The highest BCUT2D eigenvalue weighted by molar-refractivity contribution is 7.92. The minimum Gasteiger partial charge on any atom is -0.495 e. The Bertz CT molecular complexity index is 1860. The summed E-state index contributed by atoms with van der Waals surface area (Å²) in [7, 11) is -1.91. The van der Waals surface area contributed by atoms with Crippen molar-refractivity contribution in [3.05, 3.63) is 72.4 Å². The van der Waals surface area contributed by atoms with E-state index in [0.717, 1.165) is 33.7 Å². The van der Waals surface area contributed by atoms with Crippen LogP contribution in [0.2, 0.25) is 0 Å². The summed E-state index contributed by atoms with van der Waals surface area (Å²) in [5.41, 5.74) is 4.84. The molecule has 4 N–H and O–H groups in total. The number of carbonyl (C=O) groups is 1. The number of H-pyrrole nitrogens is 1. The number of aromatic amines is 1. The minimum absolute atomic E-state index is 0.0925. The van der Waals surface area contributed by atoms with E-state index in [1.807, 2.05) is 60.7 Å². The maximum Gasteiger partial charge on any atom is 0.323 e. The minimum atomic E-state index is -3.48. The van der Waals surface area contributed by atoms with E-state index in [0.29, 0.717) is 28.3 Å². The Morgan fingerprint density at radius 2 is 1.68 bits per heavy atom. The van der Waals surface area contributed by atoms with Crippen LogP contribution in [0.25, 0.3) is 33.1 Å². The van der Waals surface area contributed by atoms with E-state index in [1.54, 1.807) is 13.3 Å². The summed E-state index contributed by atoms with van der Waals surface area (Å²) in [6.07, 6.45) is 2.75. The second-order valence-corrected chi connectivity index (χ2v) is 12.3. The van der Waals surface area contributed by atoms with E-state index < -0.39 is 16.1 Å². The highest BCUT2D eigenvalue weighted by Crippen LogP contribution is 2.35. The lowest BCUT2D eigenvalue weighted by Gasteiger charge is -2.21. The van der Waals surface area contributed by atoms with E-state index in [2.05, 4.69) is 51.1 Å². The number of rotatable bonds is 6. The van der Waals surface area contributed by atoms with Crippen molar-refractivity contribution >= 4 is 55.3 Å². The third-order valence-electron chi connectivity index (χ3n) is 6.42. The molecule has 5 aromatic rings. The third kappa shape index (κ3) is 5.69.